The van der Waals surface area contributed by atoms with Crippen LogP contribution in [0, 0.1) is 11.8 Å². The van der Waals surface area contributed by atoms with Gasteiger partial charge in [-0.3, -0.25) is 9.59 Å². The lowest BCUT2D eigenvalue weighted by atomic mass is 10.1. The predicted octanol–water partition coefficient (Wildman–Crippen LogP) is 3.25. The summed E-state index contributed by atoms with van der Waals surface area (Å²) in [6.45, 7) is 1.69. The molecule has 34 heavy (non-hydrogen) atoms. The van der Waals surface area contributed by atoms with E-state index in [1.54, 1.807) is 13.0 Å². The summed E-state index contributed by atoms with van der Waals surface area (Å²) in [7, 11) is 0. The lowest BCUT2D eigenvalue weighted by Gasteiger charge is -2.21. The van der Waals surface area contributed by atoms with Gasteiger partial charge in [0.15, 0.2) is 5.65 Å². The fraction of sp³-hybridized carbons (Fsp3) is 0.154. The maximum atomic E-state index is 13.4. The number of amides is 1. The molecule has 0 bridgehead atoms. The first-order valence-electron chi connectivity index (χ1n) is 10.7. The standard InChI is InChI=1S/C26H22N4O4/c1-2-29(16-23(31)32)26(33)24-22(34-17-20-11-7-4-8-12-20)15-21(30-25(24)27-18-28-30)14-13-19-9-5-3-6-10-19/h3-12,15,18H,2,16-17H2,1H3,(H,31,32). The van der Waals surface area contributed by atoms with Crippen LogP contribution in [-0.4, -0.2) is 49.6 Å². The van der Waals surface area contributed by atoms with Crippen LogP contribution in [0.5, 0.6) is 5.75 Å². The van der Waals surface area contributed by atoms with E-state index < -0.39 is 18.4 Å². The van der Waals surface area contributed by atoms with Crippen molar-refractivity contribution in [2.24, 2.45) is 0 Å². The van der Waals surface area contributed by atoms with Crippen LogP contribution >= 0.6 is 0 Å². The van der Waals surface area contributed by atoms with Gasteiger partial charge < -0.3 is 14.7 Å². The van der Waals surface area contributed by atoms with E-state index in [9.17, 15) is 14.7 Å². The van der Waals surface area contributed by atoms with Gasteiger partial charge in [-0.15, -0.1) is 0 Å². The van der Waals surface area contributed by atoms with Crippen molar-refractivity contribution in [2.75, 3.05) is 13.1 Å². The van der Waals surface area contributed by atoms with E-state index in [0.29, 0.717) is 5.69 Å². The first kappa shape index (κ1) is 22.6. The summed E-state index contributed by atoms with van der Waals surface area (Å²) in [4.78, 5) is 30.2. The second kappa shape index (κ2) is 10.3. The molecule has 0 aliphatic rings. The molecule has 0 spiro atoms. The van der Waals surface area contributed by atoms with Gasteiger partial charge in [-0.25, -0.2) is 9.50 Å². The zero-order valence-corrected chi connectivity index (χ0v) is 18.5. The number of carboxylic acids is 1. The summed E-state index contributed by atoms with van der Waals surface area (Å²) in [6.07, 6.45) is 1.33. The molecule has 8 heteroatoms. The van der Waals surface area contributed by atoms with Gasteiger partial charge in [0.05, 0.1) is 0 Å². The second-order valence-corrected chi connectivity index (χ2v) is 7.37. The number of benzene rings is 2. The third-order valence-corrected chi connectivity index (χ3v) is 5.07. The van der Waals surface area contributed by atoms with Gasteiger partial charge in [0.2, 0.25) is 0 Å². The minimum Gasteiger partial charge on any atom is -0.488 e. The molecule has 0 unspecified atom stereocenters. The van der Waals surface area contributed by atoms with E-state index in [1.165, 1.54) is 15.7 Å². The van der Waals surface area contributed by atoms with Crippen LogP contribution < -0.4 is 4.74 Å². The minimum atomic E-state index is -1.11. The van der Waals surface area contributed by atoms with E-state index in [0.717, 1.165) is 11.1 Å². The third-order valence-electron chi connectivity index (χ3n) is 5.07. The number of carbonyl (C=O) groups is 2. The maximum absolute atomic E-state index is 13.4. The summed E-state index contributed by atoms with van der Waals surface area (Å²) in [5.74, 6) is 4.81. The average molecular weight is 454 g/mol. The molecule has 1 N–H and O–H groups in total. The number of likely N-dealkylation sites (N-methyl/N-ethyl adjacent to an activating group) is 1. The van der Waals surface area contributed by atoms with Crippen molar-refractivity contribution < 1.29 is 19.4 Å². The zero-order valence-electron chi connectivity index (χ0n) is 18.5. The molecule has 0 saturated heterocycles. The van der Waals surface area contributed by atoms with Crippen LogP contribution in [0.15, 0.2) is 73.1 Å². The average Bonchev–Trinajstić information content (AvgIpc) is 3.35. The molecule has 1 amide bonds. The molecule has 0 aliphatic carbocycles. The lowest BCUT2D eigenvalue weighted by molar-refractivity contribution is -0.137. The number of hydrogen-bond acceptors (Lipinski definition) is 5. The van der Waals surface area contributed by atoms with Gasteiger partial charge in [-0.05, 0) is 30.5 Å². The van der Waals surface area contributed by atoms with Crippen LogP contribution in [0.2, 0.25) is 0 Å². The van der Waals surface area contributed by atoms with Gasteiger partial charge >= 0.3 is 5.97 Å². The highest BCUT2D eigenvalue weighted by Gasteiger charge is 2.26. The first-order valence-corrected chi connectivity index (χ1v) is 10.7. The van der Waals surface area contributed by atoms with Crippen LogP contribution in [0.25, 0.3) is 5.65 Å². The molecule has 0 atom stereocenters. The van der Waals surface area contributed by atoms with Crippen LogP contribution in [-0.2, 0) is 11.4 Å². The molecule has 0 fully saturated rings. The minimum absolute atomic E-state index is 0.141. The number of aliphatic carboxylic acids is 1. The smallest absolute Gasteiger partial charge is 0.323 e. The number of hydrogen-bond donors (Lipinski definition) is 1. The molecule has 0 saturated carbocycles. The Labute approximate surface area is 196 Å². The summed E-state index contributed by atoms with van der Waals surface area (Å²) < 4.78 is 7.54. The first-order chi connectivity index (χ1) is 16.6. The monoisotopic (exact) mass is 454 g/mol. The molecule has 170 valence electrons. The number of fused-ring (bicyclic) bond motifs is 1. The number of carboxylic acid groups (broad SMARTS) is 1. The van der Waals surface area contributed by atoms with Crippen LogP contribution in [0.1, 0.15) is 34.1 Å². The summed E-state index contributed by atoms with van der Waals surface area (Å²) in [5, 5.41) is 13.5. The fourth-order valence-corrected chi connectivity index (χ4v) is 3.40. The van der Waals surface area contributed by atoms with Gasteiger partial charge in [0, 0.05) is 18.2 Å². The van der Waals surface area contributed by atoms with Crippen LogP contribution in [0.4, 0.5) is 0 Å². The normalized spacial score (nSPS) is 10.4. The third kappa shape index (κ3) is 5.05. The maximum Gasteiger partial charge on any atom is 0.323 e. The second-order valence-electron chi connectivity index (χ2n) is 7.37. The summed E-state index contributed by atoms with van der Waals surface area (Å²) in [5.41, 5.74) is 2.61. The molecular weight excluding hydrogens is 432 g/mol. The van der Waals surface area contributed by atoms with Crippen molar-refractivity contribution in [1.29, 1.82) is 0 Å². The number of rotatable bonds is 7. The SMILES string of the molecule is CCN(CC(=O)O)C(=O)c1c(OCc2ccccc2)cc(C#Cc2ccccc2)n2ncnc12. The Hall–Kier alpha value is -4.64. The molecule has 2 heterocycles. The Morgan fingerprint density at radius 3 is 2.44 bits per heavy atom. The van der Waals surface area contributed by atoms with E-state index in [4.69, 9.17) is 4.74 Å². The van der Waals surface area contributed by atoms with Crippen molar-refractivity contribution in [2.45, 2.75) is 13.5 Å². The van der Waals surface area contributed by atoms with Crippen molar-refractivity contribution >= 4 is 17.5 Å². The molecule has 4 aromatic rings. The van der Waals surface area contributed by atoms with Crippen molar-refractivity contribution in [3.63, 3.8) is 0 Å². The van der Waals surface area contributed by atoms with Crippen molar-refractivity contribution in [3.05, 3.63) is 95.4 Å². The van der Waals surface area contributed by atoms with Gasteiger partial charge in [0.1, 0.15) is 36.5 Å². The number of carbonyl (C=O) groups excluding carboxylic acids is 1. The molecule has 0 aliphatic heterocycles. The highest BCUT2D eigenvalue weighted by atomic mass is 16.5. The molecular formula is C26H22N4O4. The predicted molar refractivity (Wildman–Crippen MR) is 125 cm³/mol. The molecule has 8 nitrogen and oxygen atoms in total. The number of ether oxygens (including phenoxy) is 1. The Kier molecular flexibility index (Phi) is 6.84. The number of nitrogens with zero attached hydrogens (tertiary/aromatic N) is 4. The number of pyridine rings is 1. The van der Waals surface area contributed by atoms with E-state index in [1.807, 2.05) is 60.7 Å². The summed E-state index contributed by atoms with van der Waals surface area (Å²) >= 11 is 0. The molecule has 2 aromatic heterocycles. The highest BCUT2D eigenvalue weighted by molar-refractivity contribution is 6.03. The van der Waals surface area contributed by atoms with Crippen molar-refractivity contribution in [3.8, 4) is 17.6 Å². The van der Waals surface area contributed by atoms with Gasteiger partial charge in [-0.2, -0.15) is 5.10 Å². The van der Waals surface area contributed by atoms with Gasteiger partial charge in [0.25, 0.3) is 5.91 Å². The Balaban J connectivity index is 1.82. The van der Waals surface area contributed by atoms with E-state index in [-0.39, 0.29) is 30.1 Å². The Morgan fingerprint density at radius 2 is 1.76 bits per heavy atom. The lowest BCUT2D eigenvalue weighted by Crippen LogP contribution is -2.36. The molecule has 0 radical (unpaired) electrons. The quantitative estimate of drug-likeness (QED) is 0.431. The Bertz CT molecular complexity index is 1370. The zero-order chi connectivity index (χ0) is 23.9. The largest absolute Gasteiger partial charge is 0.488 e. The Morgan fingerprint density at radius 1 is 1.06 bits per heavy atom. The van der Waals surface area contributed by atoms with E-state index in [2.05, 4.69) is 21.9 Å². The topological polar surface area (TPSA) is 97.0 Å². The fourth-order valence-electron chi connectivity index (χ4n) is 3.40. The number of aromatic nitrogens is 3. The van der Waals surface area contributed by atoms with Crippen molar-refractivity contribution in [1.82, 2.24) is 19.5 Å². The summed E-state index contributed by atoms with van der Waals surface area (Å²) in [6, 6.07) is 20.6. The molecule has 4 rings (SSSR count). The van der Waals surface area contributed by atoms with Gasteiger partial charge in [-0.1, -0.05) is 54.5 Å². The molecule has 2 aromatic carbocycles. The highest BCUT2D eigenvalue weighted by Crippen LogP contribution is 2.27. The van der Waals surface area contributed by atoms with Crippen LogP contribution in [0.3, 0.4) is 0 Å². The van der Waals surface area contributed by atoms with E-state index >= 15 is 0 Å².